The van der Waals surface area contributed by atoms with Gasteiger partial charge < -0.3 is 9.64 Å². The molecule has 2 heterocycles. The van der Waals surface area contributed by atoms with Gasteiger partial charge in [-0.05, 0) is 69.5 Å². The molecule has 2 fully saturated rings. The van der Waals surface area contributed by atoms with E-state index in [1.165, 1.54) is 6.42 Å². The van der Waals surface area contributed by atoms with Crippen LogP contribution < -0.4 is 4.74 Å². The normalized spacial score (nSPS) is 19.4. The summed E-state index contributed by atoms with van der Waals surface area (Å²) in [6, 6.07) is 9.32. The van der Waals surface area contributed by atoms with Gasteiger partial charge in [-0.25, -0.2) is 0 Å². The molecule has 134 valence electrons. The lowest BCUT2D eigenvalue weighted by molar-refractivity contribution is -0.138. The van der Waals surface area contributed by atoms with Gasteiger partial charge in [0, 0.05) is 25.6 Å². The first-order valence-electron chi connectivity index (χ1n) is 9.40. The van der Waals surface area contributed by atoms with Gasteiger partial charge in [-0.15, -0.1) is 0 Å². The van der Waals surface area contributed by atoms with Crippen molar-refractivity contribution >= 4 is 5.91 Å². The summed E-state index contributed by atoms with van der Waals surface area (Å²) in [5.74, 6) is 1.40. The molecule has 25 heavy (non-hydrogen) atoms. The Kier molecular flexibility index (Phi) is 6.30. The van der Waals surface area contributed by atoms with E-state index in [1.54, 1.807) is 12.1 Å². The lowest BCUT2D eigenvalue weighted by atomic mass is 9.94. The number of benzene rings is 1. The summed E-state index contributed by atoms with van der Waals surface area (Å²) in [7, 11) is 0. The lowest BCUT2D eigenvalue weighted by Gasteiger charge is -2.35. The Morgan fingerprint density at radius 1 is 1.08 bits per heavy atom. The zero-order valence-corrected chi connectivity index (χ0v) is 14.8. The van der Waals surface area contributed by atoms with E-state index in [1.807, 2.05) is 12.1 Å². The summed E-state index contributed by atoms with van der Waals surface area (Å²) in [6.45, 7) is 5.37. The van der Waals surface area contributed by atoms with Crippen molar-refractivity contribution in [2.24, 2.45) is 5.92 Å². The average molecular weight is 341 g/mol. The number of ether oxygens (including phenoxy) is 1. The quantitative estimate of drug-likeness (QED) is 0.826. The van der Waals surface area contributed by atoms with Crippen LogP contribution in [0.3, 0.4) is 0 Å². The number of hydrogen-bond donors (Lipinski definition) is 0. The topological polar surface area (TPSA) is 56.6 Å². The van der Waals surface area contributed by atoms with E-state index < -0.39 is 0 Å². The Hall–Kier alpha value is -2.06. The molecule has 3 rings (SSSR count). The number of piperidine rings is 2. The number of carbonyl (C=O) groups is 1. The number of amides is 1. The Labute approximate surface area is 150 Å². The van der Waals surface area contributed by atoms with E-state index in [4.69, 9.17) is 10.00 Å². The highest BCUT2D eigenvalue weighted by molar-refractivity contribution is 5.79. The van der Waals surface area contributed by atoms with Crippen LogP contribution in [0.25, 0.3) is 0 Å². The number of nitrogens with zero attached hydrogens (tertiary/aromatic N) is 3. The van der Waals surface area contributed by atoms with Gasteiger partial charge in [0.1, 0.15) is 12.4 Å². The van der Waals surface area contributed by atoms with Crippen LogP contribution in [0.1, 0.15) is 37.7 Å². The second-order valence-electron chi connectivity index (χ2n) is 6.99. The SMILES string of the molecule is N#Cc1ccc(OCCN2CCC(C(=O)N3CCCCC3)CC2)cc1. The molecule has 5 nitrogen and oxygen atoms in total. The van der Waals surface area contributed by atoms with Gasteiger partial charge in [-0.3, -0.25) is 9.69 Å². The van der Waals surface area contributed by atoms with Crippen LogP contribution >= 0.6 is 0 Å². The van der Waals surface area contributed by atoms with Crippen molar-refractivity contribution in [1.29, 1.82) is 5.26 Å². The zero-order chi connectivity index (χ0) is 17.5. The Morgan fingerprint density at radius 2 is 1.76 bits per heavy atom. The third kappa shape index (κ3) is 4.96. The number of hydrogen-bond acceptors (Lipinski definition) is 4. The molecular weight excluding hydrogens is 314 g/mol. The summed E-state index contributed by atoms with van der Waals surface area (Å²) in [6.07, 6.45) is 5.52. The van der Waals surface area contributed by atoms with Crippen molar-refractivity contribution in [3.8, 4) is 11.8 Å². The maximum absolute atomic E-state index is 12.6. The largest absolute Gasteiger partial charge is 0.492 e. The van der Waals surface area contributed by atoms with Crippen LogP contribution in [0.2, 0.25) is 0 Å². The highest BCUT2D eigenvalue weighted by atomic mass is 16.5. The predicted octanol–water partition coefficient (Wildman–Crippen LogP) is 2.66. The summed E-state index contributed by atoms with van der Waals surface area (Å²) >= 11 is 0. The van der Waals surface area contributed by atoms with E-state index in [9.17, 15) is 4.79 Å². The molecule has 2 aliphatic rings. The molecule has 2 aliphatic heterocycles. The van der Waals surface area contributed by atoms with Gasteiger partial charge in [-0.1, -0.05) is 0 Å². The minimum atomic E-state index is 0.216. The number of carbonyl (C=O) groups excluding carboxylic acids is 1. The minimum Gasteiger partial charge on any atom is -0.492 e. The number of rotatable bonds is 5. The molecule has 1 aromatic carbocycles. The fourth-order valence-corrected chi connectivity index (χ4v) is 3.69. The molecule has 1 aromatic rings. The third-order valence-corrected chi connectivity index (χ3v) is 5.26. The van der Waals surface area contributed by atoms with Crippen molar-refractivity contribution in [3.05, 3.63) is 29.8 Å². The summed E-state index contributed by atoms with van der Waals surface area (Å²) < 4.78 is 5.75. The van der Waals surface area contributed by atoms with E-state index >= 15 is 0 Å². The van der Waals surface area contributed by atoms with Crippen molar-refractivity contribution in [2.45, 2.75) is 32.1 Å². The van der Waals surface area contributed by atoms with E-state index in [0.29, 0.717) is 18.1 Å². The van der Waals surface area contributed by atoms with Gasteiger partial charge in [0.25, 0.3) is 0 Å². The molecule has 0 bridgehead atoms. The molecule has 0 atom stereocenters. The Morgan fingerprint density at radius 3 is 2.40 bits per heavy atom. The summed E-state index contributed by atoms with van der Waals surface area (Å²) in [4.78, 5) is 17.0. The number of likely N-dealkylation sites (tertiary alicyclic amines) is 2. The molecule has 5 heteroatoms. The minimum absolute atomic E-state index is 0.216. The van der Waals surface area contributed by atoms with Crippen LogP contribution in [-0.4, -0.2) is 55.0 Å². The van der Waals surface area contributed by atoms with Crippen molar-refractivity contribution in [3.63, 3.8) is 0 Å². The first kappa shape index (κ1) is 17.8. The van der Waals surface area contributed by atoms with Gasteiger partial charge in [0.2, 0.25) is 5.91 Å². The van der Waals surface area contributed by atoms with Gasteiger partial charge in [0.15, 0.2) is 0 Å². The molecule has 0 unspecified atom stereocenters. The highest BCUT2D eigenvalue weighted by Gasteiger charge is 2.28. The second-order valence-corrected chi connectivity index (χ2v) is 6.99. The summed E-state index contributed by atoms with van der Waals surface area (Å²) in [5.41, 5.74) is 0.646. The standard InChI is InChI=1S/C20H27N3O2/c21-16-17-4-6-19(7-5-17)25-15-14-22-12-8-18(9-13-22)20(24)23-10-2-1-3-11-23/h4-7,18H,1-3,8-15H2. The van der Waals surface area contributed by atoms with Crippen molar-refractivity contribution in [1.82, 2.24) is 9.80 Å². The van der Waals surface area contributed by atoms with E-state index in [2.05, 4.69) is 15.9 Å². The molecule has 0 N–H and O–H groups in total. The predicted molar refractivity (Wildman–Crippen MR) is 96.2 cm³/mol. The molecular formula is C20H27N3O2. The first-order chi connectivity index (χ1) is 12.3. The molecule has 0 aliphatic carbocycles. The first-order valence-corrected chi connectivity index (χ1v) is 9.40. The zero-order valence-electron chi connectivity index (χ0n) is 14.8. The molecule has 1 amide bonds. The maximum Gasteiger partial charge on any atom is 0.225 e. The second kappa shape index (κ2) is 8.87. The smallest absolute Gasteiger partial charge is 0.225 e. The van der Waals surface area contributed by atoms with Gasteiger partial charge in [-0.2, -0.15) is 5.26 Å². The van der Waals surface area contributed by atoms with Crippen LogP contribution in [-0.2, 0) is 4.79 Å². The van der Waals surface area contributed by atoms with Crippen molar-refractivity contribution < 1.29 is 9.53 Å². The molecule has 0 aromatic heterocycles. The lowest BCUT2D eigenvalue weighted by Crippen LogP contribution is -2.45. The Balaban J connectivity index is 1.36. The fourth-order valence-electron chi connectivity index (χ4n) is 3.69. The fraction of sp³-hybridized carbons (Fsp3) is 0.600. The summed E-state index contributed by atoms with van der Waals surface area (Å²) in [5, 5.41) is 8.79. The maximum atomic E-state index is 12.6. The van der Waals surface area contributed by atoms with Crippen molar-refractivity contribution in [2.75, 3.05) is 39.3 Å². The molecule has 0 spiro atoms. The van der Waals surface area contributed by atoms with E-state index in [0.717, 1.165) is 64.2 Å². The molecule has 0 radical (unpaired) electrons. The average Bonchev–Trinajstić information content (AvgIpc) is 2.69. The highest BCUT2D eigenvalue weighted by Crippen LogP contribution is 2.22. The molecule has 2 saturated heterocycles. The van der Waals surface area contributed by atoms with E-state index in [-0.39, 0.29) is 5.92 Å². The number of nitriles is 1. The Bertz CT molecular complexity index is 594. The third-order valence-electron chi connectivity index (χ3n) is 5.26. The van der Waals surface area contributed by atoms with Gasteiger partial charge in [0.05, 0.1) is 11.6 Å². The van der Waals surface area contributed by atoms with Crippen LogP contribution in [0.5, 0.6) is 5.75 Å². The molecule has 0 saturated carbocycles. The van der Waals surface area contributed by atoms with Crippen LogP contribution in [0, 0.1) is 17.2 Å². The van der Waals surface area contributed by atoms with Gasteiger partial charge >= 0.3 is 0 Å². The monoisotopic (exact) mass is 341 g/mol. The van der Waals surface area contributed by atoms with Crippen LogP contribution in [0.15, 0.2) is 24.3 Å². The van der Waals surface area contributed by atoms with Crippen LogP contribution in [0.4, 0.5) is 0 Å².